The number of carbonyl (C=O) groups is 1. The van der Waals surface area contributed by atoms with E-state index in [1.807, 2.05) is 0 Å². The Morgan fingerprint density at radius 2 is 2.19 bits per heavy atom. The van der Waals surface area contributed by atoms with Crippen LogP contribution in [0.3, 0.4) is 0 Å². The average Bonchev–Trinajstić information content (AvgIpc) is 2.70. The second-order valence-electron chi connectivity index (χ2n) is 4.46. The van der Waals surface area contributed by atoms with Crippen LogP contribution in [0.15, 0.2) is 11.0 Å². The first kappa shape index (κ1) is 15.9. The van der Waals surface area contributed by atoms with Crippen molar-refractivity contribution in [1.29, 1.82) is 0 Å². The molecular formula is C11H14FN3O5S. The highest BCUT2D eigenvalue weighted by molar-refractivity contribution is 8.13. The topological polar surface area (TPSA) is 114 Å². The van der Waals surface area contributed by atoms with Gasteiger partial charge in [-0.3, -0.25) is 14.7 Å². The number of rotatable bonds is 2. The van der Waals surface area contributed by atoms with Gasteiger partial charge in [-0.05, 0) is 13.2 Å². The molecule has 4 unspecified atom stereocenters. The Balaban J connectivity index is 2.33. The Bertz CT molecular complexity index is 610. The smallest absolute Gasteiger partial charge is 0.351 e. The molecule has 0 bridgehead atoms. The normalized spacial score (nSPS) is 28.6. The highest BCUT2D eigenvalue weighted by atomic mass is 32.2. The molecule has 1 aromatic rings. The third-order valence-corrected chi connectivity index (χ3v) is 3.54. The van der Waals surface area contributed by atoms with Gasteiger partial charge < -0.3 is 14.9 Å². The van der Waals surface area contributed by atoms with Gasteiger partial charge >= 0.3 is 5.69 Å². The molecule has 2 heterocycles. The summed E-state index contributed by atoms with van der Waals surface area (Å²) in [4.78, 5) is 26.4. The fourth-order valence-corrected chi connectivity index (χ4v) is 2.12. The standard InChI is InChI=1S/C11H14FN3O5S/c1-4-6(16)7(17)9(20-4)15-3-5(12)8(13-10(15)18)14-11(19)21-2/h3-4,6-7,9,16-17H,1-2H3,(H,13,14,18,19). The predicted molar refractivity (Wildman–Crippen MR) is 72.6 cm³/mol. The van der Waals surface area contributed by atoms with Gasteiger partial charge in [0.05, 0.1) is 12.3 Å². The third kappa shape index (κ3) is 3.07. The number of hydrogen-bond acceptors (Lipinski definition) is 7. The minimum absolute atomic E-state index is 0.503. The first-order valence-corrected chi connectivity index (χ1v) is 7.23. The number of hydrogen-bond donors (Lipinski definition) is 3. The van der Waals surface area contributed by atoms with Crippen LogP contribution < -0.4 is 11.0 Å². The van der Waals surface area contributed by atoms with Crippen LogP contribution in [-0.2, 0) is 4.74 Å². The molecule has 4 atom stereocenters. The van der Waals surface area contributed by atoms with Crippen LogP contribution in [0.25, 0.3) is 0 Å². The van der Waals surface area contributed by atoms with Gasteiger partial charge in [-0.15, -0.1) is 0 Å². The van der Waals surface area contributed by atoms with Crippen LogP contribution >= 0.6 is 11.8 Å². The maximum atomic E-state index is 13.9. The van der Waals surface area contributed by atoms with Crippen LogP contribution in [0.2, 0.25) is 0 Å². The molecule has 1 aliphatic rings. The molecule has 1 saturated heterocycles. The van der Waals surface area contributed by atoms with Gasteiger partial charge in [0.2, 0.25) is 0 Å². The van der Waals surface area contributed by atoms with E-state index >= 15 is 0 Å². The van der Waals surface area contributed by atoms with Crippen molar-refractivity contribution in [2.24, 2.45) is 0 Å². The summed E-state index contributed by atoms with van der Waals surface area (Å²) in [5.41, 5.74) is -0.918. The second-order valence-corrected chi connectivity index (χ2v) is 5.24. The fourth-order valence-electron chi connectivity index (χ4n) is 1.92. The molecule has 10 heteroatoms. The molecular weight excluding hydrogens is 305 g/mol. The lowest BCUT2D eigenvalue weighted by Crippen LogP contribution is -2.36. The number of ether oxygens (including phenoxy) is 1. The lowest BCUT2D eigenvalue weighted by molar-refractivity contribution is -0.0355. The van der Waals surface area contributed by atoms with Gasteiger partial charge in [-0.1, -0.05) is 11.8 Å². The number of carbonyl (C=O) groups excluding carboxylic acids is 1. The summed E-state index contributed by atoms with van der Waals surface area (Å²) in [5.74, 6) is -1.46. The second kappa shape index (κ2) is 6.10. The number of aliphatic hydroxyl groups excluding tert-OH is 2. The van der Waals surface area contributed by atoms with E-state index < -0.39 is 47.1 Å². The van der Waals surface area contributed by atoms with Crippen molar-refractivity contribution >= 4 is 22.8 Å². The van der Waals surface area contributed by atoms with Crippen molar-refractivity contribution in [2.75, 3.05) is 11.6 Å². The summed E-state index contributed by atoms with van der Waals surface area (Å²) in [6, 6.07) is 0. The minimum Gasteiger partial charge on any atom is -0.388 e. The van der Waals surface area contributed by atoms with E-state index in [0.29, 0.717) is 0 Å². The maximum absolute atomic E-state index is 13.9. The van der Waals surface area contributed by atoms with Crippen LogP contribution in [0.4, 0.5) is 15.0 Å². The van der Waals surface area contributed by atoms with Crippen molar-refractivity contribution in [2.45, 2.75) is 31.5 Å². The van der Waals surface area contributed by atoms with Gasteiger partial charge in [0.15, 0.2) is 17.9 Å². The van der Waals surface area contributed by atoms with Crippen molar-refractivity contribution < 1.29 is 24.1 Å². The number of anilines is 1. The zero-order valence-corrected chi connectivity index (χ0v) is 12.0. The zero-order chi connectivity index (χ0) is 15.7. The molecule has 116 valence electrons. The summed E-state index contributed by atoms with van der Waals surface area (Å²) < 4.78 is 19.8. The number of nitrogens with zero attached hydrogens (tertiary/aromatic N) is 2. The van der Waals surface area contributed by atoms with Crippen LogP contribution in [0.1, 0.15) is 13.2 Å². The summed E-state index contributed by atoms with van der Waals surface area (Å²) in [5, 5.41) is 20.9. The van der Waals surface area contributed by atoms with Crippen molar-refractivity contribution in [3.8, 4) is 0 Å². The van der Waals surface area contributed by atoms with Crippen molar-refractivity contribution in [1.82, 2.24) is 9.55 Å². The molecule has 21 heavy (non-hydrogen) atoms. The van der Waals surface area contributed by atoms with Gasteiger partial charge in [0, 0.05) is 0 Å². The Morgan fingerprint density at radius 3 is 2.71 bits per heavy atom. The van der Waals surface area contributed by atoms with E-state index in [1.165, 1.54) is 13.2 Å². The number of amides is 1. The quantitative estimate of drug-likeness (QED) is 0.698. The summed E-state index contributed by atoms with van der Waals surface area (Å²) in [6.45, 7) is 1.51. The van der Waals surface area contributed by atoms with E-state index in [-0.39, 0.29) is 0 Å². The Labute approximate surface area is 122 Å². The maximum Gasteiger partial charge on any atom is 0.351 e. The fraction of sp³-hybridized carbons (Fsp3) is 0.545. The summed E-state index contributed by atoms with van der Waals surface area (Å²) in [6.07, 6.45) is -2.28. The molecule has 0 aromatic carbocycles. The number of aromatic nitrogens is 2. The SMILES string of the molecule is CSC(=O)Nc1nc(=O)n(C2OC(C)C(O)C2O)cc1F. The van der Waals surface area contributed by atoms with Gasteiger partial charge in [0.1, 0.15) is 12.2 Å². The molecule has 1 aromatic heterocycles. The molecule has 0 spiro atoms. The number of thioether (sulfide) groups is 1. The molecule has 0 saturated carbocycles. The average molecular weight is 319 g/mol. The van der Waals surface area contributed by atoms with E-state index in [1.54, 1.807) is 0 Å². The van der Waals surface area contributed by atoms with Crippen molar-refractivity contribution in [3.63, 3.8) is 0 Å². The Kier molecular flexibility index (Phi) is 4.61. The molecule has 1 aliphatic heterocycles. The van der Waals surface area contributed by atoms with E-state index in [9.17, 15) is 24.2 Å². The van der Waals surface area contributed by atoms with Crippen LogP contribution in [0.5, 0.6) is 0 Å². The lowest BCUT2D eigenvalue weighted by Gasteiger charge is -2.17. The lowest BCUT2D eigenvalue weighted by atomic mass is 10.1. The largest absolute Gasteiger partial charge is 0.388 e. The summed E-state index contributed by atoms with van der Waals surface area (Å²) in [7, 11) is 0. The highest BCUT2D eigenvalue weighted by Crippen LogP contribution is 2.28. The van der Waals surface area contributed by atoms with E-state index in [0.717, 1.165) is 22.5 Å². The number of nitrogens with one attached hydrogen (secondary N) is 1. The Morgan fingerprint density at radius 1 is 1.52 bits per heavy atom. The first-order chi connectivity index (χ1) is 9.85. The van der Waals surface area contributed by atoms with Crippen molar-refractivity contribution in [3.05, 3.63) is 22.5 Å². The molecule has 8 nitrogen and oxygen atoms in total. The predicted octanol–water partition coefficient (Wildman–Crippen LogP) is -0.0836. The van der Waals surface area contributed by atoms with Gasteiger partial charge in [-0.25, -0.2) is 9.18 Å². The van der Waals surface area contributed by atoms with Gasteiger partial charge in [0.25, 0.3) is 5.24 Å². The molecule has 3 N–H and O–H groups in total. The minimum atomic E-state index is -1.38. The number of halogens is 1. The van der Waals surface area contributed by atoms with Crippen LogP contribution in [-0.4, -0.2) is 49.6 Å². The number of aliphatic hydroxyl groups is 2. The van der Waals surface area contributed by atoms with Crippen LogP contribution in [0, 0.1) is 5.82 Å². The molecule has 1 amide bonds. The first-order valence-electron chi connectivity index (χ1n) is 6.00. The molecule has 2 rings (SSSR count). The molecule has 1 fully saturated rings. The highest BCUT2D eigenvalue weighted by Gasteiger charge is 2.42. The van der Waals surface area contributed by atoms with E-state index in [2.05, 4.69) is 10.3 Å². The van der Waals surface area contributed by atoms with E-state index in [4.69, 9.17) is 4.74 Å². The molecule has 0 radical (unpaired) electrons. The zero-order valence-electron chi connectivity index (χ0n) is 11.2. The Hall–Kier alpha value is -1.49. The summed E-state index contributed by atoms with van der Waals surface area (Å²) >= 11 is 0.801. The molecule has 0 aliphatic carbocycles. The monoisotopic (exact) mass is 319 g/mol. The van der Waals surface area contributed by atoms with Gasteiger partial charge in [-0.2, -0.15) is 4.98 Å². The third-order valence-electron chi connectivity index (χ3n) is 3.06.